The van der Waals surface area contributed by atoms with E-state index < -0.39 is 16.0 Å². The van der Waals surface area contributed by atoms with Gasteiger partial charge < -0.3 is 14.2 Å². The zero-order valence-corrected chi connectivity index (χ0v) is 16.3. The van der Waals surface area contributed by atoms with E-state index in [0.29, 0.717) is 19.0 Å². The molecule has 1 N–H and O–H groups in total. The molecule has 0 aromatic heterocycles. The van der Waals surface area contributed by atoms with E-state index in [2.05, 4.69) is 4.72 Å². The molecule has 0 fully saturated rings. The van der Waals surface area contributed by atoms with Gasteiger partial charge in [0.25, 0.3) is 10.0 Å². The zero-order valence-electron chi connectivity index (χ0n) is 15.5. The highest BCUT2D eigenvalue weighted by Gasteiger charge is 2.18. The Hall–Kier alpha value is -2.74. The molecule has 27 heavy (non-hydrogen) atoms. The number of esters is 1. The van der Waals surface area contributed by atoms with Crippen molar-refractivity contribution in [3.05, 3.63) is 48.0 Å². The highest BCUT2D eigenvalue weighted by Crippen LogP contribution is 2.29. The molecule has 0 atom stereocenters. The van der Waals surface area contributed by atoms with Crippen LogP contribution < -0.4 is 14.2 Å². The molecule has 0 aliphatic heterocycles. The van der Waals surface area contributed by atoms with E-state index in [1.807, 2.05) is 6.92 Å². The van der Waals surface area contributed by atoms with Gasteiger partial charge in [0.15, 0.2) is 0 Å². The van der Waals surface area contributed by atoms with Gasteiger partial charge >= 0.3 is 5.97 Å². The SMILES string of the molecule is CCOC(=O)c1ccc(NS(=O)(=O)c2ccc(OCC)cc2)c(OCC)c1. The summed E-state index contributed by atoms with van der Waals surface area (Å²) in [6.07, 6.45) is 0. The Balaban J connectivity index is 2.29. The number of hydrogen-bond acceptors (Lipinski definition) is 6. The van der Waals surface area contributed by atoms with Crippen LogP contribution in [0.1, 0.15) is 31.1 Å². The van der Waals surface area contributed by atoms with Gasteiger partial charge in [-0.1, -0.05) is 0 Å². The van der Waals surface area contributed by atoms with Gasteiger partial charge in [0.2, 0.25) is 0 Å². The summed E-state index contributed by atoms with van der Waals surface area (Å²) in [6.45, 7) is 6.37. The minimum absolute atomic E-state index is 0.0860. The maximum absolute atomic E-state index is 12.6. The van der Waals surface area contributed by atoms with Crippen LogP contribution >= 0.6 is 0 Å². The summed E-state index contributed by atoms with van der Waals surface area (Å²) < 4.78 is 43.6. The van der Waals surface area contributed by atoms with Crippen LogP contribution in [0.2, 0.25) is 0 Å². The topological polar surface area (TPSA) is 90.9 Å². The number of nitrogens with one attached hydrogen (secondary N) is 1. The van der Waals surface area contributed by atoms with Gasteiger partial charge in [0, 0.05) is 0 Å². The molecule has 0 unspecified atom stereocenters. The number of ether oxygens (including phenoxy) is 3. The van der Waals surface area contributed by atoms with E-state index in [-0.39, 0.29) is 28.5 Å². The number of rotatable bonds is 9. The van der Waals surface area contributed by atoms with Gasteiger partial charge in [0.1, 0.15) is 11.5 Å². The largest absolute Gasteiger partial charge is 0.494 e. The maximum Gasteiger partial charge on any atom is 0.338 e. The Kier molecular flexibility index (Phi) is 7.06. The Morgan fingerprint density at radius 3 is 2.19 bits per heavy atom. The van der Waals surface area contributed by atoms with Crippen molar-refractivity contribution in [3.8, 4) is 11.5 Å². The summed E-state index contributed by atoms with van der Waals surface area (Å²) >= 11 is 0. The molecule has 2 aromatic rings. The predicted molar refractivity (Wildman–Crippen MR) is 102 cm³/mol. The van der Waals surface area contributed by atoms with Gasteiger partial charge in [0.05, 0.1) is 36.0 Å². The summed E-state index contributed by atoms with van der Waals surface area (Å²) in [6, 6.07) is 10.5. The van der Waals surface area contributed by atoms with E-state index in [0.717, 1.165) is 0 Å². The zero-order chi connectivity index (χ0) is 19.9. The van der Waals surface area contributed by atoms with Gasteiger partial charge in [-0.3, -0.25) is 4.72 Å². The molecule has 0 aliphatic carbocycles. The first-order chi connectivity index (χ1) is 12.9. The fourth-order valence-corrected chi connectivity index (χ4v) is 3.38. The molecule has 0 radical (unpaired) electrons. The number of benzene rings is 2. The van der Waals surface area contributed by atoms with E-state index >= 15 is 0 Å². The van der Waals surface area contributed by atoms with E-state index in [1.54, 1.807) is 26.0 Å². The van der Waals surface area contributed by atoms with Gasteiger partial charge in [-0.15, -0.1) is 0 Å². The molecule has 7 nitrogen and oxygen atoms in total. The summed E-state index contributed by atoms with van der Waals surface area (Å²) in [5.74, 6) is 0.335. The van der Waals surface area contributed by atoms with Crippen molar-refractivity contribution >= 4 is 21.7 Å². The molecule has 0 saturated carbocycles. The average Bonchev–Trinajstić information content (AvgIpc) is 2.64. The molecule has 0 saturated heterocycles. The van der Waals surface area contributed by atoms with Crippen molar-refractivity contribution in [1.29, 1.82) is 0 Å². The third-order valence-corrected chi connectivity index (χ3v) is 4.86. The number of hydrogen-bond donors (Lipinski definition) is 1. The molecule has 2 aromatic carbocycles. The lowest BCUT2D eigenvalue weighted by Gasteiger charge is -2.14. The first-order valence-corrected chi connectivity index (χ1v) is 10.1. The molecule has 8 heteroatoms. The fourth-order valence-electron chi connectivity index (χ4n) is 2.31. The van der Waals surface area contributed by atoms with Crippen molar-refractivity contribution in [2.45, 2.75) is 25.7 Å². The second kappa shape index (κ2) is 9.27. The highest BCUT2D eigenvalue weighted by atomic mass is 32.2. The summed E-state index contributed by atoms with van der Waals surface area (Å²) in [4.78, 5) is 12.0. The van der Waals surface area contributed by atoms with Gasteiger partial charge in [-0.25, -0.2) is 13.2 Å². The van der Waals surface area contributed by atoms with Gasteiger partial charge in [-0.05, 0) is 63.2 Å². The van der Waals surface area contributed by atoms with Crippen molar-refractivity contribution in [2.24, 2.45) is 0 Å². The highest BCUT2D eigenvalue weighted by molar-refractivity contribution is 7.92. The Bertz CT molecular complexity index is 878. The van der Waals surface area contributed by atoms with Crippen molar-refractivity contribution in [2.75, 3.05) is 24.5 Å². The summed E-state index contributed by atoms with van der Waals surface area (Å²) in [5.41, 5.74) is 0.517. The third kappa shape index (κ3) is 5.37. The third-order valence-electron chi connectivity index (χ3n) is 3.48. The second-order valence-electron chi connectivity index (χ2n) is 5.37. The van der Waals surface area contributed by atoms with E-state index in [4.69, 9.17) is 14.2 Å². The molecule has 0 aliphatic rings. The standard InChI is InChI=1S/C19H23NO6S/c1-4-24-15-8-10-16(11-9-15)27(22,23)20-17-12-7-14(19(21)26-6-3)13-18(17)25-5-2/h7-13,20H,4-6H2,1-3H3. The van der Waals surface area contributed by atoms with Crippen LogP contribution in [-0.2, 0) is 14.8 Å². The molecule has 0 bridgehead atoms. The second-order valence-corrected chi connectivity index (χ2v) is 7.06. The monoisotopic (exact) mass is 393 g/mol. The lowest BCUT2D eigenvalue weighted by atomic mass is 10.2. The Morgan fingerprint density at radius 1 is 0.926 bits per heavy atom. The van der Waals surface area contributed by atoms with Crippen LogP contribution in [0.25, 0.3) is 0 Å². The normalized spacial score (nSPS) is 10.9. The summed E-state index contributed by atoms with van der Waals surface area (Å²) in [7, 11) is -3.83. The lowest BCUT2D eigenvalue weighted by molar-refractivity contribution is 0.0526. The lowest BCUT2D eigenvalue weighted by Crippen LogP contribution is -2.14. The van der Waals surface area contributed by atoms with Crippen molar-refractivity contribution in [3.63, 3.8) is 0 Å². The first-order valence-electron chi connectivity index (χ1n) is 8.60. The first kappa shape index (κ1) is 20.6. The Morgan fingerprint density at radius 2 is 1.59 bits per heavy atom. The molecule has 0 heterocycles. The van der Waals surface area contributed by atoms with Crippen LogP contribution in [0, 0.1) is 0 Å². The van der Waals surface area contributed by atoms with E-state index in [9.17, 15) is 13.2 Å². The smallest absolute Gasteiger partial charge is 0.338 e. The quantitative estimate of drug-likeness (QED) is 0.656. The predicted octanol–water partition coefficient (Wildman–Crippen LogP) is 3.46. The minimum atomic E-state index is -3.83. The number of carbonyl (C=O) groups is 1. The number of anilines is 1. The maximum atomic E-state index is 12.6. The average molecular weight is 393 g/mol. The molecule has 0 spiro atoms. The van der Waals surface area contributed by atoms with Crippen molar-refractivity contribution in [1.82, 2.24) is 0 Å². The van der Waals surface area contributed by atoms with Crippen LogP contribution in [0.4, 0.5) is 5.69 Å². The number of sulfonamides is 1. The molecular formula is C19H23NO6S. The van der Waals surface area contributed by atoms with Crippen LogP contribution in [0.3, 0.4) is 0 Å². The Labute approximate surface area is 159 Å². The summed E-state index contributed by atoms with van der Waals surface area (Å²) in [5, 5.41) is 0. The molecule has 146 valence electrons. The fraction of sp³-hybridized carbons (Fsp3) is 0.316. The van der Waals surface area contributed by atoms with Gasteiger partial charge in [-0.2, -0.15) is 0 Å². The van der Waals surface area contributed by atoms with Crippen molar-refractivity contribution < 1.29 is 27.4 Å². The van der Waals surface area contributed by atoms with Crippen LogP contribution in [0.15, 0.2) is 47.4 Å². The van der Waals surface area contributed by atoms with Crippen LogP contribution in [0.5, 0.6) is 11.5 Å². The minimum Gasteiger partial charge on any atom is -0.494 e. The molecule has 2 rings (SSSR count). The molecular weight excluding hydrogens is 370 g/mol. The van der Waals surface area contributed by atoms with E-state index in [1.165, 1.54) is 30.3 Å². The number of carbonyl (C=O) groups excluding carboxylic acids is 1. The molecule has 0 amide bonds. The van der Waals surface area contributed by atoms with Crippen LogP contribution in [-0.4, -0.2) is 34.2 Å².